The Morgan fingerprint density at radius 3 is 2.65 bits per heavy atom. The molecule has 3 rings (SSSR count). The van der Waals surface area contributed by atoms with Gasteiger partial charge < -0.3 is 10.6 Å². The molecule has 0 radical (unpaired) electrons. The van der Waals surface area contributed by atoms with Crippen LogP contribution in [0, 0.1) is 11.8 Å². The summed E-state index contributed by atoms with van der Waals surface area (Å²) < 4.78 is 0. The molecule has 2 aliphatic rings. The van der Waals surface area contributed by atoms with E-state index < -0.39 is 6.04 Å². The second kappa shape index (κ2) is 5.48. The molecule has 5 heteroatoms. The van der Waals surface area contributed by atoms with Gasteiger partial charge in [0.05, 0.1) is 6.04 Å². The van der Waals surface area contributed by atoms with E-state index in [2.05, 4.69) is 29.7 Å². The van der Waals surface area contributed by atoms with Crippen LogP contribution < -0.4 is 10.6 Å². The van der Waals surface area contributed by atoms with E-state index in [0.29, 0.717) is 17.6 Å². The van der Waals surface area contributed by atoms with Crippen LogP contribution in [0.5, 0.6) is 0 Å². The van der Waals surface area contributed by atoms with Gasteiger partial charge in [-0.3, -0.25) is 9.59 Å². The van der Waals surface area contributed by atoms with Crippen LogP contribution >= 0.6 is 11.8 Å². The molecule has 1 aliphatic carbocycles. The molecule has 2 N–H and O–H groups in total. The smallest absolute Gasteiger partial charge is 0.279 e. The van der Waals surface area contributed by atoms with Crippen LogP contribution in [-0.4, -0.2) is 22.9 Å². The minimum atomic E-state index is -0.396. The number of carbonyl (C=O) groups excluding carboxylic acids is 2. The Morgan fingerprint density at radius 2 is 2.10 bits per heavy atom. The van der Waals surface area contributed by atoms with Crippen molar-refractivity contribution in [2.45, 2.75) is 25.4 Å². The summed E-state index contributed by atoms with van der Waals surface area (Å²) in [5.41, 5.74) is 1.15. The van der Waals surface area contributed by atoms with Crippen LogP contribution in [0.4, 0.5) is 4.79 Å². The number of thioether (sulfide) groups is 1. The first-order valence-corrected chi connectivity index (χ1v) is 7.92. The fourth-order valence-electron chi connectivity index (χ4n) is 2.69. The molecule has 106 valence electrons. The standard InChI is InChI=1S/C15H18N2O2S/c1-9-7-11(9)13(10-5-3-2-4-6-10)17-14(18)12-8-20-15(19)16-12/h2-6,9,11-13H,7-8H2,1H3,(H,16,19)(H,17,18)/t9-,11+,12-,13-/m1/s1. The highest BCUT2D eigenvalue weighted by atomic mass is 32.2. The number of benzene rings is 1. The summed E-state index contributed by atoms with van der Waals surface area (Å²) in [7, 11) is 0. The van der Waals surface area contributed by atoms with E-state index >= 15 is 0 Å². The van der Waals surface area contributed by atoms with E-state index in [0.717, 1.165) is 12.0 Å². The van der Waals surface area contributed by atoms with Gasteiger partial charge in [0.15, 0.2) is 0 Å². The number of carbonyl (C=O) groups is 2. The van der Waals surface area contributed by atoms with E-state index in [4.69, 9.17) is 0 Å². The highest BCUT2D eigenvalue weighted by molar-refractivity contribution is 8.14. The molecular formula is C15H18N2O2S. The molecule has 4 nitrogen and oxygen atoms in total. The molecule has 1 saturated heterocycles. The van der Waals surface area contributed by atoms with Crippen LogP contribution in [0.1, 0.15) is 24.9 Å². The third kappa shape index (κ3) is 2.82. The normalized spacial score (nSPS) is 29.6. The summed E-state index contributed by atoms with van der Waals surface area (Å²) in [6, 6.07) is 9.74. The zero-order valence-electron chi connectivity index (χ0n) is 11.3. The fraction of sp³-hybridized carbons (Fsp3) is 0.467. The van der Waals surface area contributed by atoms with Crippen LogP contribution in [-0.2, 0) is 4.79 Å². The van der Waals surface area contributed by atoms with Crippen molar-refractivity contribution in [1.29, 1.82) is 0 Å². The lowest BCUT2D eigenvalue weighted by Crippen LogP contribution is -2.44. The maximum absolute atomic E-state index is 12.3. The summed E-state index contributed by atoms with van der Waals surface area (Å²) in [6.07, 6.45) is 1.14. The zero-order chi connectivity index (χ0) is 14.1. The van der Waals surface area contributed by atoms with Gasteiger partial charge in [-0.15, -0.1) is 0 Å². The van der Waals surface area contributed by atoms with Crippen molar-refractivity contribution in [2.75, 3.05) is 5.75 Å². The maximum atomic E-state index is 12.3. The van der Waals surface area contributed by atoms with Gasteiger partial charge in [0.25, 0.3) is 5.24 Å². The molecule has 0 spiro atoms. The second-order valence-electron chi connectivity index (χ2n) is 5.57. The lowest BCUT2D eigenvalue weighted by atomic mass is 10.0. The first-order valence-electron chi connectivity index (χ1n) is 6.94. The van der Waals surface area contributed by atoms with Crippen molar-refractivity contribution < 1.29 is 9.59 Å². The highest BCUT2D eigenvalue weighted by Crippen LogP contribution is 2.46. The molecule has 0 aromatic heterocycles. The van der Waals surface area contributed by atoms with Gasteiger partial charge in [-0.05, 0) is 23.8 Å². The number of nitrogens with one attached hydrogen (secondary N) is 2. The van der Waals surface area contributed by atoms with Gasteiger partial charge in [-0.2, -0.15) is 0 Å². The predicted octanol–water partition coefficient (Wildman–Crippen LogP) is 2.32. The Bertz CT molecular complexity index is 520. The number of rotatable bonds is 4. The number of amides is 2. The van der Waals surface area contributed by atoms with Crippen molar-refractivity contribution in [3.05, 3.63) is 35.9 Å². The summed E-state index contributed by atoms with van der Waals surface area (Å²) in [5.74, 6) is 1.60. The van der Waals surface area contributed by atoms with Crippen molar-refractivity contribution >= 4 is 22.9 Å². The molecule has 4 atom stereocenters. The summed E-state index contributed by atoms with van der Waals surface area (Å²) in [6.45, 7) is 2.21. The van der Waals surface area contributed by atoms with Gasteiger partial charge >= 0.3 is 0 Å². The fourth-order valence-corrected chi connectivity index (χ4v) is 3.47. The SMILES string of the molecule is C[C@@H]1C[C@@H]1[C@H](NC(=O)[C@H]1CSC(=O)N1)c1ccccc1. The van der Waals surface area contributed by atoms with E-state index in [1.54, 1.807) is 0 Å². The first kappa shape index (κ1) is 13.5. The largest absolute Gasteiger partial charge is 0.347 e. The Morgan fingerprint density at radius 1 is 1.40 bits per heavy atom. The topological polar surface area (TPSA) is 58.2 Å². The molecule has 1 aromatic rings. The Hall–Kier alpha value is -1.49. The van der Waals surface area contributed by atoms with Gasteiger partial charge in [0, 0.05) is 5.75 Å². The van der Waals surface area contributed by atoms with Crippen LogP contribution in [0.15, 0.2) is 30.3 Å². The Balaban J connectivity index is 1.71. The van der Waals surface area contributed by atoms with Crippen LogP contribution in [0.2, 0.25) is 0 Å². The monoisotopic (exact) mass is 290 g/mol. The Labute approximate surface area is 122 Å². The molecule has 0 unspecified atom stereocenters. The molecule has 2 fully saturated rings. The number of hydrogen-bond acceptors (Lipinski definition) is 3. The lowest BCUT2D eigenvalue weighted by molar-refractivity contribution is -0.123. The van der Waals surface area contributed by atoms with Crippen molar-refractivity contribution in [3.8, 4) is 0 Å². The molecule has 0 bridgehead atoms. The molecule has 1 aromatic carbocycles. The average Bonchev–Trinajstić information content (AvgIpc) is 3.00. The van der Waals surface area contributed by atoms with Crippen molar-refractivity contribution in [1.82, 2.24) is 10.6 Å². The average molecular weight is 290 g/mol. The van der Waals surface area contributed by atoms with Gasteiger partial charge in [0.2, 0.25) is 5.91 Å². The number of hydrogen-bond donors (Lipinski definition) is 2. The molecule has 2 amide bonds. The van der Waals surface area contributed by atoms with Crippen molar-refractivity contribution in [3.63, 3.8) is 0 Å². The minimum Gasteiger partial charge on any atom is -0.347 e. The van der Waals surface area contributed by atoms with Gasteiger partial charge in [-0.25, -0.2) is 0 Å². The molecular weight excluding hydrogens is 272 g/mol. The highest BCUT2D eigenvalue weighted by Gasteiger charge is 2.42. The first-order chi connectivity index (χ1) is 9.65. The van der Waals surface area contributed by atoms with E-state index in [1.165, 1.54) is 11.8 Å². The zero-order valence-corrected chi connectivity index (χ0v) is 12.2. The maximum Gasteiger partial charge on any atom is 0.279 e. The third-order valence-corrected chi connectivity index (χ3v) is 4.93. The quantitative estimate of drug-likeness (QED) is 0.894. The second-order valence-corrected chi connectivity index (χ2v) is 6.56. The van der Waals surface area contributed by atoms with E-state index in [1.807, 2.05) is 18.2 Å². The van der Waals surface area contributed by atoms with Crippen LogP contribution in [0.25, 0.3) is 0 Å². The van der Waals surface area contributed by atoms with Crippen molar-refractivity contribution in [2.24, 2.45) is 11.8 Å². The predicted molar refractivity (Wildman–Crippen MR) is 79.4 cm³/mol. The summed E-state index contributed by atoms with van der Waals surface area (Å²) in [5, 5.41) is 5.70. The summed E-state index contributed by atoms with van der Waals surface area (Å²) in [4.78, 5) is 23.5. The van der Waals surface area contributed by atoms with Gasteiger partial charge in [-0.1, -0.05) is 49.0 Å². The molecule has 1 saturated carbocycles. The molecule has 1 aliphatic heterocycles. The van der Waals surface area contributed by atoms with Crippen LogP contribution in [0.3, 0.4) is 0 Å². The lowest BCUT2D eigenvalue weighted by Gasteiger charge is -2.21. The minimum absolute atomic E-state index is 0.0567. The molecule has 20 heavy (non-hydrogen) atoms. The Kier molecular flexibility index (Phi) is 3.70. The van der Waals surface area contributed by atoms with E-state index in [9.17, 15) is 9.59 Å². The summed E-state index contributed by atoms with van der Waals surface area (Å²) >= 11 is 1.17. The van der Waals surface area contributed by atoms with E-state index in [-0.39, 0.29) is 17.2 Å². The van der Waals surface area contributed by atoms with Gasteiger partial charge in [0.1, 0.15) is 6.04 Å². The third-order valence-electron chi connectivity index (χ3n) is 4.05. The molecule has 1 heterocycles.